The fourth-order valence-corrected chi connectivity index (χ4v) is 3.70. The number of hydrogen-bond donors (Lipinski definition) is 1. The van der Waals surface area contributed by atoms with E-state index < -0.39 is 5.82 Å². The highest BCUT2D eigenvalue weighted by atomic mass is 19.1. The van der Waals surface area contributed by atoms with E-state index in [2.05, 4.69) is 20.2 Å². The third-order valence-electron chi connectivity index (χ3n) is 4.88. The van der Waals surface area contributed by atoms with E-state index in [9.17, 15) is 8.78 Å². The molecule has 0 unspecified atom stereocenters. The third-order valence-corrected chi connectivity index (χ3v) is 4.88. The second-order valence-corrected chi connectivity index (χ2v) is 6.85. The van der Waals surface area contributed by atoms with E-state index in [0.717, 1.165) is 50.4 Å². The molecule has 7 heteroatoms. The van der Waals surface area contributed by atoms with Gasteiger partial charge >= 0.3 is 0 Å². The molecule has 0 aliphatic carbocycles. The average molecular weight is 346 g/mol. The highest BCUT2D eigenvalue weighted by Crippen LogP contribution is 2.36. The molecule has 2 atom stereocenters. The van der Waals surface area contributed by atoms with E-state index in [1.165, 1.54) is 12.1 Å². The number of nitrogens with one attached hydrogen (secondary N) is 1. The van der Waals surface area contributed by atoms with Crippen LogP contribution in [-0.4, -0.2) is 46.2 Å². The summed E-state index contributed by atoms with van der Waals surface area (Å²) in [5, 5.41) is 3.22. The second-order valence-electron chi connectivity index (χ2n) is 6.85. The van der Waals surface area contributed by atoms with Crippen molar-refractivity contribution in [3.8, 4) is 0 Å². The SMILES string of the molecule is Fc1ccc(CN2CC[C@@]3(C[C@H](Nc4ncc(F)cn4)CO3)C2)cc1. The van der Waals surface area contributed by atoms with Crippen molar-refractivity contribution < 1.29 is 13.5 Å². The number of hydrogen-bond acceptors (Lipinski definition) is 5. The third kappa shape index (κ3) is 3.77. The lowest BCUT2D eigenvalue weighted by Gasteiger charge is -2.23. The number of benzene rings is 1. The van der Waals surface area contributed by atoms with Crippen LogP contribution in [0.4, 0.5) is 14.7 Å². The number of rotatable bonds is 4. The maximum absolute atomic E-state index is 13.0. The summed E-state index contributed by atoms with van der Waals surface area (Å²) in [6, 6.07) is 6.76. The summed E-state index contributed by atoms with van der Waals surface area (Å²) in [7, 11) is 0. The van der Waals surface area contributed by atoms with Crippen molar-refractivity contribution >= 4 is 5.95 Å². The Kier molecular flexibility index (Phi) is 4.35. The van der Waals surface area contributed by atoms with Crippen molar-refractivity contribution in [2.75, 3.05) is 25.0 Å². The zero-order valence-electron chi connectivity index (χ0n) is 13.8. The van der Waals surface area contributed by atoms with Crippen molar-refractivity contribution in [2.24, 2.45) is 0 Å². The molecule has 2 fully saturated rings. The lowest BCUT2D eigenvalue weighted by molar-refractivity contribution is 0.0120. The summed E-state index contributed by atoms with van der Waals surface area (Å²) < 4.78 is 32.0. The predicted octanol–water partition coefficient (Wildman–Crippen LogP) is 2.60. The summed E-state index contributed by atoms with van der Waals surface area (Å²) in [5.41, 5.74) is 0.948. The Balaban J connectivity index is 1.33. The van der Waals surface area contributed by atoms with Crippen LogP contribution in [0, 0.1) is 11.6 Å². The summed E-state index contributed by atoms with van der Waals surface area (Å²) >= 11 is 0. The van der Waals surface area contributed by atoms with Crippen LogP contribution in [0.3, 0.4) is 0 Å². The fourth-order valence-electron chi connectivity index (χ4n) is 3.70. The van der Waals surface area contributed by atoms with Gasteiger partial charge in [0.05, 0.1) is 30.6 Å². The summed E-state index contributed by atoms with van der Waals surface area (Å²) in [5.74, 6) is -0.233. The van der Waals surface area contributed by atoms with Gasteiger partial charge in [-0.3, -0.25) is 4.90 Å². The Labute approximate surface area is 145 Å². The number of nitrogens with zero attached hydrogens (tertiary/aromatic N) is 3. The lowest BCUT2D eigenvalue weighted by Crippen LogP contribution is -2.33. The molecule has 2 saturated heterocycles. The molecule has 2 aliphatic heterocycles. The van der Waals surface area contributed by atoms with Gasteiger partial charge in [-0.15, -0.1) is 0 Å². The normalized spacial score (nSPS) is 26.4. The summed E-state index contributed by atoms with van der Waals surface area (Å²) in [6.45, 7) is 3.19. The van der Waals surface area contributed by atoms with Gasteiger partial charge in [-0.1, -0.05) is 12.1 Å². The van der Waals surface area contributed by atoms with Gasteiger partial charge in [0.1, 0.15) is 5.82 Å². The Hall–Kier alpha value is -2.12. The van der Waals surface area contributed by atoms with Crippen LogP contribution in [0.15, 0.2) is 36.7 Å². The number of likely N-dealkylation sites (tertiary alicyclic amines) is 1. The molecular weight excluding hydrogens is 326 g/mol. The van der Waals surface area contributed by atoms with E-state index in [0.29, 0.717) is 12.6 Å². The molecule has 0 radical (unpaired) electrons. The number of anilines is 1. The monoisotopic (exact) mass is 346 g/mol. The van der Waals surface area contributed by atoms with Gasteiger partial charge in [0.2, 0.25) is 5.95 Å². The van der Waals surface area contributed by atoms with Crippen LogP contribution in [-0.2, 0) is 11.3 Å². The standard InChI is InChI=1S/C18H20F2N4O/c19-14-3-1-13(2-4-14)10-24-6-5-18(12-24)7-16(11-25-18)23-17-21-8-15(20)9-22-17/h1-4,8-9,16H,5-7,10-12H2,(H,21,22,23)/t16-,18+/m0/s1. The van der Waals surface area contributed by atoms with Crippen molar-refractivity contribution in [2.45, 2.75) is 31.0 Å². The predicted molar refractivity (Wildman–Crippen MR) is 89.0 cm³/mol. The molecule has 132 valence electrons. The Morgan fingerprint density at radius 3 is 2.68 bits per heavy atom. The highest BCUT2D eigenvalue weighted by Gasteiger charge is 2.45. The zero-order valence-corrected chi connectivity index (χ0v) is 13.8. The minimum absolute atomic E-state index is 0.122. The second kappa shape index (κ2) is 6.65. The molecule has 5 nitrogen and oxygen atoms in total. The van der Waals surface area contributed by atoms with E-state index in [1.807, 2.05) is 12.1 Å². The molecule has 0 bridgehead atoms. The summed E-state index contributed by atoms with van der Waals surface area (Å²) in [4.78, 5) is 10.2. The van der Waals surface area contributed by atoms with Crippen LogP contribution in [0.2, 0.25) is 0 Å². The van der Waals surface area contributed by atoms with Crippen molar-refractivity contribution in [3.63, 3.8) is 0 Å². The minimum atomic E-state index is -0.447. The Morgan fingerprint density at radius 2 is 1.92 bits per heavy atom. The van der Waals surface area contributed by atoms with E-state index >= 15 is 0 Å². The molecule has 1 spiro atoms. The van der Waals surface area contributed by atoms with Crippen LogP contribution < -0.4 is 5.32 Å². The molecule has 1 aromatic heterocycles. The largest absolute Gasteiger partial charge is 0.371 e. The number of aromatic nitrogens is 2. The minimum Gasteiger partial charge on any atom is -0.371 e. The first-order chi connectivity index (χ1) is 12.1. The first-order valence-electron chi connectivity index (χ1n) is 8.45. The lowest BCUT2D eigenvalue weighted by atomic mass is 9.97. The molecular formula is C18H20F2N4O. The van der Waals surface area contributed by atoms with Gasteiger partial charge < -0.3 is 10.1 Å². The fraction of sp³-hybridized carbons (Fsp3) is 0.444. The molecule has 2 aliphatic rings. The first kappa shape index (κ1) is 16.4. The maximum Gasteiger partial charge on any atom is 0.223 e. The van der Waals surface area contributed by atoms with E-state index in [-0.39, 0.29) is 17.5 Å². The number of halogens is 2. The van der Waals surface area contributed by atoms with E-state index in [4.69, 9.17) is 4.74 Å². The first-order valence-corrected chi connectivity index (χ1v) is 8.45. The number of ether oxygens (including phenoxy) is 1. The molecule has 25 heavy (non-hydrogen) atoms. The van der Waals surface area contributed by atoms with Gasteiger partial charge in [0, 0.05) is 26.1 Å². The van der Waals surface area contributed by atoms with Gasteiger partial charge in [-0.05, 0) is 24.1 Å². The van der Waals surface area contributed by atoms with Crippen LogP contribution in [0.25, 0.3) is 0 Å². The van der Waals surface area contributed by atoms with Crippen LogP contribution in [0.1, 0.15) is 18.4 Å². The Morgan fingerprint density at radius 1 is 1.16 bits per heavy atom. The van der Waals surface area contributed by atoms with Crippen molar-refractivity contribution in [3.05, 3.63) is 53.9 Å². The smallest absolute Gasteiger partial charge is 0.223 e. The quantitative estimate of drug-likeness (QED) is 0.922. The molecule has 0 saturated carbocycles. The maximum atomic E-state index is 13.0. The molecule has 1 N–H and O–H groups in total. The van der Waals surface area contributed by atoms with Crippen LogP contribution in [0.5, 0.6) is 0 Å². The topological polar surface area (TPSA) is 50.3 Å². The molecule has 2 aromatic rings. The van der Waals surface area contributed by atoms with Gasteiger partial charge in [0.15, 0.2) is 5.82 Å². The van der Waals surface area contributed by atoms with Gasteiger partial charge in [-0.25, -0.2) is 18.7 Å². The summed E-state index contributed by atoms with van der Waals surface area (Å²) in [6.07, 6.45) is 4.14. The van der Waals surface area contributed by atoms with Gasteiger partial charge in [0.25, 0.3) is 0 Å². The van der Waals surface area contributed by atoms with Gasteiger partial charge in [-0.2, -0.15) is 0 Å². The molecule has 0 amide bonds. The molecule has 4 rings (SSSR count). The molecule has 3 heterocycles. The van der Waals surface area contributed by atoms with Crippen molar-refractivity contribution in [1.82, 2.24) is 14.9 Å². The average Bonchev–Trinajstić information content (AvgIpc) is 3.19. The molecule has 1 aromatic carbocycles. The van der Waals surface area contributed by atoms with Crippen LogP contribution >= 0.6 is 0 Å². The van der Waals surface area contributed by atoms with E-state index in [1.54, 1.807) is 0 Å². The Bertz CT molecular complexity index is 659. The van der Waals surface area contributed by atoms with Crippen molar-refractivity contribution in [1.29, 1.82) is 0 Å². The zero-order chi connectivity index (χ0) is 17.3. The highest BCUT2D eigenvalue weighted by molar-refractivity contribution is 5.26.